The molecule has 1 aromatic heterocycles. The van der Waals surface area contributed by atoms with Gasteiger partial charge in [-0.1, -0.05) is 0 Å². The number of aliphatic imine (C=N–C) groups is 1. The van der Waals surface area contributed by atoms with Crippen molar-refractivity contribution < 1.29 is 0 Å². The summed E-state index contributed by atoms with van der Waals surface area (Å²) in [6.45, 7) is 8.38. The minimum Gasteiger partial charge on any atom is -0.356 e. The average molecular weight is 448 g/mol. The summed E-state index contributed by atoms with van der Waals surface area (Å²) in [5.41, 5.74) is 3.54. The van der Waals surface area contributed by atoms with Gasteiger partial charge in [-0.15, -0.1) is 24.0 Å². The lowest BCUT2D eigenvalue weighted by atomic mass is 9.94. The van der Waals surface area contributed by atoms with Crippen LogP contribution in [0.1, 0.15) is 36.2 Å². The lowest BCUT2D eigenvalue weighted by molar-refractivity contribution is 0.213. The predicted molar refractivity (Wildman–Crippen MR) is 111 cm³/mol. The molecule has 0 aromatic carbocycles. The number of nitrogens with one attached hydrogen (secondary N) is 2. The molecule has 0 aliphatic carbocycles. The summed E-state index contributed by atoms with van der Waals surface area (Å²) in [4.78, 5) is 6.74. The third-order valence-corrected chi connectivity index (χ3v) is 5.00. The van der Waals surface area contributed by atoms with Crippen LogP contribution in [0.5, 0.6) is 0 Å². The normalized spacial score (nSPS) is 16.8. The Morgan fingerprint density at radius 2 is 1.88 bits per heavy atom. The fourth-order valence-corrected chi connectivity index (χ4v) is 3.21. The summed E-state index contributed by atoms with van der Waals surface area (Å²) >= 11 is 0. The molecular formula is C17H33IN6. The van der Waals surface area contributed by atoms with Crippen LogP contribution in [0.25, 0.3) is 0 Å². The van der Waals surface area contributed by atoms with Gasteiger partial charge in [0.25, 0.3) is 0 Å². The highest BCUT2D eigenvalue weighted by Crippen LogP contribution is 2.18. The van der Waals surface area contributed by atoms with Gasteiger partial charge in [-0.05, 0) is 59.2 Å². The zero-order chi connectivity index (χ0) is 16.8. The number of hydrogen-bond acceptors (Lipinski definition) is 3. The van der Waals surface area contributed by atoms with E-state index >= 15 is 0 Å². The molecule has 0 amide bonds. The van der Waals surface area contributed by atoms with E-state index in [4.69, 9.17) is 0 Å². The number of guanidine groups is 1. The second-order valence-electron chi connectivity index (χ2n) is 6.66. The lowest BCUT2D eigenvalue weighted by Crippen LogP contribution is -2.39. The van der Waals surface area contributed by atoms with Crippen LogP contribution in [0.4, 0.5) is 0 Å². The molecule has 1 fully saturated rings. The first kappa shape index (κ1) is 21.2. The van der Waals surface area contributed by atoms with Gasteiger partial charge in [0.1, 0.15) is 0 Å². The number of hydrogen-bond donors (Lipinski definition) is 2. The van der Waals surface area contributed by atoms with Crippen LogP contribution >= 0.6 is 24.0 Å². The van der Waals surface area contributed by atoms with Gasteiger partial charge in [0, 0.05) is 38.4 Å². The van der Waals surface area contributed by atoms with E-state index in [-0.39, 0.29) is 24.0 Å². The molecule has 0 radical (unpaired) electrons. The van der Waals surface area contributed by atoms with E-state index in [1.165, 1.54) is 43.6 Å². The maximum atomic E-state index is 4.46. The van der Waals surface area contributed by atoms with Crippen LogP contribution in [0.3, 0.4) is 0 Å². The number of rotatable bonds is 5. The SMILES string of the molecule is CN=C(NCCC1CCN(C)CC1)NCc1c(C)nn(C)c1C.I. The third-order valence-electron chi connectivity index (χ3n) is 5.00. The first-order chi connectivity index (χ1) is 11.0. The first-order valence-corrected chi connectivity index (χ1v) is 8.63. The second kappa shape index (κ2) is 10.2. The van der Waals surface area contributed by atoms with Gasteiger partial charge in [-0.3, -0.25) is 9.67 Å². The van der Waals surface area contributed by atoms with Gasteiger partial charge in [0.05, 0.1) is 5.69 Å². The number of nitrogens with zero attached hydrogens (tertiary/aromatic N) is 4. The van der Waals surface area contributed by atoms with Crippen LogP contribution in [0, 0.1) is 19.8 Å². The van der Waals surface area contributed by atoms with Crippen molar-refractivity contribution in [3.8, 4) is 0 Å². The first-order valence-electron chi connectivity index (χ1n) is 8.63. The van der Waals surface area contributed by atoms with Crippen molar-refractivity contribution in [3.63, 3.8) is 0 Å². The summed E-state index contributed by atoms with van der Waals surface area (Å²) in [6, 6.07) is 0. The Morgan fingerprint density at radius 3 is 2.42 bits per heavy atom. The minimum atomic E-state index is 0. The Hall–Kier alpha value is -0.830. The maximum absolute atomic E-state index is 4.46. The number of aryl methyl sites for hydroxylation is 2. The molecule has 1 aliphatic rings. The van der Waals surface area contributed by atoms with Gasteiger partial charge in [0.15, 0.2) is 5.96 Å². The standard InChI is InChI=1S/C17H32N6.HI/c1-13-16(14(2)23(5)21-13)12-20-17(18-3)19-9-6-15-7-10-22(4)11-8-15;/h15H,6-12H2,1-5H3,(H2,18,19,20);1H. The van der Waals surface area contributed by atoms with Crippen LogP contribution in [0.2, 0.25) is 0 Å². The lowest BCUT2D eigenvalue weighted by Gasteiger charge is -2.29. The van der Waals surface area contributed by atoms with E-state index in [0.29, 0.717) is 0 Å². The molecule has 0 saturated carbocycles. The minimum absolute atomic E-state index is 0. The Labute approximate surface area is 163 Å². The van der Waals surface area contributed by atoms with Gasteiger partial charge >= 0.3 is 0 Å². The molecule has 138 valence electrons. The second-order valence-corrected chi connectivity index (χ2v) is 6.66. The number of aromatic nitrogens is 2. The summed E-state index contributed by atoms with van der Waals surface area (Å²) in [7, 11) is 6.02. The van der Waals surface area contributed by atoms with Gasteiger partial charge in [0.2, 0.25) is 0 Å². The molecule has 0 unspecified atom stereocenters. The van der Waals surface area contributed by atoms with E-state index in [9.17, 15) is 0 Å². The molecule has 2 heterocycles. The molecule has 1 saturated heterocycles. The van der Waals surface area contributed by atoms with Crippen molar-refractivity contribution >= 4 is 29.9 Å². The zero-order valence-corrected chi connectivity index (χ0v) is 18.1. The van der Waals surface area contributed by atoms with Gasteiger partial charge in [-0.25, -0.2) is 0 Å². The van der Waals surface area contributed by atoms with E-state index in [0.717, 1.165) is 30.7 Å². The number of likely N-dealkylation sites (tertiary alicyclic amines) is 1. The topological polar surface area (TPSA) is 57.5 Å². The highest BCUT2D eigenvalue weighted by atomic mass is 127. The molecule has 0 bridgehead atoms. The summed E-state index contributed by atoms with van der Waals surface area (Å²) < 4.78 is 1.93. The van der Waals surface area contributed by atoms with Crippen LogP contribution < -0.4 is 10.6 Å². The fraction of sp³-hybridized carbons (Fsp3) is 0.765. The molecule has 2 N–H and O–H groups in total. The van der Waals surface area contributed by atoms with Crippen molar-refractivity contribution in [1.82, 2.24) is 25.3 Å². The quantitative estimate of drug-likeness (QED) is 0.412. The van der Waals surface area contributed by atoms with E-state index in [1.807, 2.05) is 18.8 Å². The predicted octanol–water partition coefficient (Wildman–Crippen LogP) is 2.05. The van der Waals surface area contributed by atoms with Crippen molar-refractivity contribution in [2.24, 2.45) is 18.0 Å². The van der Waals surface area contributed by atoms with Crippen molar-refractivity contribution in [1.29, 1.82) is 0 Å². The fourth-order valence-electron chi connectivity index (χ4n) is 3.21. The van der Waals surface area contributed by atoms with Crippen LogP contribution in [0.15, 0.2) is 4.99 Å². The molecule has 24 heavy (non-hydrogen) atoms. The van der Waals surface area contributed by atoms with Gasteiger partial charge in [-0.2, -0.15) is 5.10 Å². The van der Waals surface area contributed by atoms with E-state index < -0.39 is 0 Å². The Kier molecular flexibility index (Phi) is 9.04. The van der Waals surface area contributed by atoms with E-state index in [1.54, 1.807) is 0 Å². The summed E-state index contributed by atoms with van der Waals surface area (Å²) in [5.74, 6) is 1.72. The summed E-state index contributed by atoms with van der Waals surface area (Å²) in [5, 5.41) is 11.3. The Morgan fingerprint density at radius 1 is 1.21 bits per heavy atom. The average Bonchev–Trinajstić information content (AvgIpc) is 2.78. The van der Waals surface area contributed by atoms with Gasteiger partial charge < -0.3 is 15.5 Å². The Balaban J connectivity index is 0.00000288. The van der Waals surface area contributed by atoms with E-state index in [2.05, 4.69) is 46.5 Å². The smallest absolute Gasteiger partial charge is 0.191 e. The monoisotopic (exact) mass is 448 g/mol. The molecule has 0 spiro atoms. The molecular weight excluding hydrogens is 415 g/mol. The van der Waals surface area contributed by atoms with Crippen LogP contribution in [-0.4, -0.2) is 54.4 Å². The van der Waals surface area contributed by atoms with Crippen LogP contribution in [-0.2, 0) is 13.6 Å². The van der Waals surface area contributed by atoms with Crippen molar-refractivity contribution in [2.75, 3.05) is 33.7 Å². The van der Waals surface area contributed by atoms with Crippen molar-refractivity contribution in [2.45, 2.75) is 39.7 Å². The Bertz CT molecular complexity index is 531. The largest absolute Gasteiger partial charge is 0.356 e. The molecule has 6 nitrogen and oxygen atoms in total. The summed E-state index contributed by atoms with van der Waals surface area (Å²) in [6.07, 6.45) is 3.86. The molecule has 1 aromatic rings. The molecule has 1 aliphatic heterocycles. The molecule has 7 heteroatoms. The third kappa shape index (κ3) is 5.91. The number of halogens is 1. The highest BCUT2D eigenvalue weighted by molar-refractivity contribution is 14.0. The number of piperidine rings is 1. The van der Waals surface area contributed by atoms with Crippen molar-refractivity contribution in [3.05, 3.63) is 17.0 Å². The highest BCUT2D eigenvalue weighted by Gasteiger charge is 2.16. The molecule has 0 atom stereocenters. The molecule has 2 rings (SSSR count). The zero-order valence-electron chi connectivity index (χ0n) is 15.7. The maximum Gasteiger partial charge on any atom is 0.191 e.